The molecular formula is C23H27F3N4O2. The zero-order valence-electron chi connectivity index (χ0n) is 18.0. The molecule has 2 saturated heterocycles. The van der Waals surface area contributed by atoms with Crippen LogP contribution in [0.4, 0.5) is 18.9 Å². The van der Waals surface area contributed by atoms with Crippen molar-refractivity contribution in [1.82, 2.24) is 14.8 Å². The molecule has 1 aromatic heterocycles. The summed E-state index contributed by atoms with van der Waals surface area (Å²) in [5, 5.41) is 0. The fourth-order valence-electron chi connectivity index (χ4n) is 4.29. The molecule has 0 bridgehead atoms. The average Bonchev–Trinajstić information content (AvgIpc) is 3.13. The summed E-state index contributed by atoms with van der Waals surface area (Å²) in [5.41, 5.74) is 2.33. The van der Waals surface area contributed by atoms with E-state index in [4.69, 9.17) is 0 Å². The van der Waals surface area contributed by atoms with Gasteiger partial charge in [0.15, 0.2) is 0 Å². The number of alkyl halides is 3. The molecule has 6 nitrogen and oxygen atoms in total. The summed E-state index contributed by atoms with van der Waals surface area (Å²) in [4.78, 5) is 23.3. The molecule has 172 valence electrons. The molecule has 0 aliphatic carbocycles. The molecule has 2 aliphatic rings. The van der Waals surface area contributed by atoms with Crippen molar-refractivity contribution in [2.24, 2.45) is 0 Å². The van der Waals surface area contributed by atoms with Crippen molar-refractivity contribution < 1.29 is 22.7 Å². The van der Waals surface area contributed by atoms with Gasteiger partial charge in [0.25, 0.3) is 5.91 Å². The first-order valence-electron chi connectivity index (χ1n) is 10.9. The van der Waals surface area contributed by atoms with Crippen LogP contribution in [0.1, 0.15) is 42.2 Å². The smallest absolute Gasteiger partial charge is 0.406 e. The van der Waals surface area contributed by atoms with Crippen LogP contribution in [0.3, 0.4) is 0 Å². The lowest BCUT2D eigenvalue weighted by Gasteiger charge is -2.26. The summed E-state index contributed by atoms with van der Waals surface area (Å²) in [6, 6.07) is 9.98. The second-order valence-electron chi connectivity index (χ2n) is 8.40. The molecule has 0 radical (unpaired) electrons. The second-order valence-corrected chi connectivity index (χ2v) is 8.40. The van der Waals surface area contributed by atoms with Crippen molar-refractivity contribution in [3.63, 3.8) is 0 Å². The molecule has 3 heterocycles. The molecule has 2 aliphatic heterocycles. The van der Waals surface area contributed by atoms with E-state index in [1.807, 2.05) is 17.0 Å². The van der Waals surface area contributed by atoms with Crippen LogP contribution in [0.2, 0.25) is 0 Å². The van der Waals surface area contributed by atoms with Crippen LogP contribution in [-0.4, -0.2) is 59.4 Å². The lowest BCUT2D eigenvalue weighted by atomic mass is 10.1. The molecule has 1 aromatic carbocycles. The number of pyridine rings is 1. The normalized spacial score (nSPS) is 19.9. The minimum absolute atomic E-state index is 0.0104. The molecule has 9 heteroatoms. The molecule has 0 spiro atoms. The molecule has 1 unspecified atom stereocenters. The molecule has 2 aromatic rings. The Balaban J connectivity index is 1.38. The van der Waals surface area contributed by atoms with Crippen molar-refractivity contribution in [3.05, 3.63) is 53.9 Å². The van der Waals surface area contributed by atoms with E-state index in [1.54, 1.807) is 18.3 Å². The number of nitrogens with zero attached hydrogens (tertiary/aromatic N) is 4. The molecule has 32 heavy (non-hydrogen) atoms. The molecule has 0 saturated carbocycles. The summed E-state index contributed by atoms with van der Waals surface area (Å²) in [6.07, 6.45) is 0.230. The number of piperidine rings is 1. The third-order valence-electron chi connectivity index (χ3n) is 5.97. The first-order chi connectivity index (χ1) is 15.3. The van der Waals surface area contributed by atoms with E-state index in [-0.39, 0.29) is 17.7 Å². The number of carbonyl (C=O) groups excluding carboxylic acids is 1. The average molecular weight is 448 g/mol. The third kappa shape index (κ3) is 5.51. The van der Waals surface area contributed by atoms with Gasteiger partial charge in [-0.1, -0.05) is 0 Å². The van der Waals surface area contributed by atoms with E-state index in [9.17, 15) is 18.0 Å². The van der Waals surface area contributed by atoms with Crippen LogP contribution in [0.15, 0.2) is 42.6 Å². The SMILES string of the molecule is CC1CN(c2ccc(OC(F)(F)F)cc2)CN1Cc1ccnc(C(=O)N2CCCCC2)c1. The maximum Gasteiger partial charge on any atom is 0.573 e. The summed E-state index contributed by atoms with van der Waals surface area (Å²) in [6.45, 7) is 5.74. The Morgan fingerprint density at radius 2 is 1.84 bits per heavy atom. The van der Waals surface area contributed by atoms with Gasteiger partial charge in [-0.25, -0.2) is 0 Å². The predicted molar refractivity (Wildman–Crippen MR) is 114 cm³/mol. The van der Waals surface area contributed by atoms with Gasteiger partial charge in [-0.3, -0.25) is 14.7 Å². The number of halogens is 3. The number of benzene rings is 1. The monoisotopic (exact) mass is 448 g/mol. The van der Waals surface area contributed by atoms with Crippen molar-refractivity contribution >= 4 is 11.6 Å². The number of ether oxygens (including phenoxy) is 1. The van der Waals surface area contributed by atoms with Crippen LogP contribution >= 0.6 is 0 Å². The van der Waals surface area contributed by atoms with Crippen LogP contribution in [0.5, 0.6) is 5.75 Å². The molecule has 1 atom stereocenters. The van der Waals surface area contributed by atoms with E-state index in [0.29, 0.717) is 18.9 Å². The molecule has 4 rings (SSSR count). The fourth-order valence-corrected chi connectivity index (χ4v) is 4.29. The topological polar surface area (TPSA) is 48.9 Å². The molecular weight excluding hydrogens is 421 g/mol. The summed E-state index contributed by atoms with van der Waals surface area (Å²) >= 11 is 0. The summed E-state index contributed by atoms with van der Waals surface area (Å²) in [5.74, 6) is -0.239. The Hall–Kier alpha value is -2.81. The lowest BCUT2D eigenvalue weighted by molar-refractivity contribution is -0.274. The maximum atomic E-state index is 12.8. The molecule has 1 amide bonds. The van der Waals surface area contributed by atoms with Gasteiger partial charge in [0.05, 0.1) is 6.67 Å². The number of hydrogen-bond donors (Lipinski definition) is 0. The maximum absolute atomic E-state index is 12.8. The highest BCUT2D eigenvalue weighted by atomic mass is 19.4. The van der Waals surface area contributed by atoms with Crippen LogP contribution in [0, 0.1) is 0 Å². The van der Waals surface area contributed by atoms with E-state index in [2.05, 4.69) is 26.4 Å². The second kappa shape index (κ2) is 9.36. The Morgan fingerprint density at radius 3 is 2.53 bits per heavy atom. The standard InChI is InChI=1S/C23H27F3N4O2/c1-17-14-30(19-5-7-20(8-6-19)32-23(24,25)26)16-29(17)15-18-9-10-27-21(13-18)22(31)28-11-3-2-4-12-28/h5-10,13,17H,2-4,11-12,14-16H2,1H3. The van der Waals surface area contributed by atoms with Crippen LogP contribution < -0.4 is 9.64 Å². The molecule has 0 N–H and O–H groups in total. The van der Waals surface area contributed by atoms with Crippen molar-refractivity contribution in [2.75, 3.05) is 31.2 Å². The minimum Gasteiger partial charge on any atom is -0.406 e. The summed E-state index contributed by atoms with van der Waals surface area (Å²) in [7, 11) is 0. The fraction of sp³-hybridized carbons (Fsp3) is 0.478. The number of amides is 1. The zero-order chi connectivity index (χ0) is 22.7. The van der Waals surface area contributed by atoms with Gasteiger partial charge in [0, 0.05) is 44.1 Å². The van der Waals surface area contributed by atoms with E-state index in [1.165, 1.54) is 18.6 Å². The van der Waals surface area contributed by atoms with Gasteiger partial charge in [-0.05, 0) is 68.1 Å². The van der Waals surface area contributed by atoms with Crippen LogP contribution in [0.25, 0.3) is 0 Å². The van der Waals surface area contributed by atoms with E-state index >= 15 is 0 Å². The van der Waals surface area contributed by atoms with Gasteiger partial charge < -0.3 is 14.5 Å². The first-order valence-corrected chi connectivity index (χ1v) is 10.9. The quantitative estimate of drug-likeness (QED) is 0.684. The largest absolute Gasteiger partial charge is 0.573 e. The predicted octanol–water partition coefficient (Wildman–Crippen LogP) is 4.27. The number of likely N-dealkylation sites (tertiary alicyclic amines) is 1. The van der Waals surface area contributed by atoms with E-state index in [0.717, 1.165) is 43.7 Å². The van der Waals surface area contributed by atoms with Gasteiger partial charge >= 0.3 is 6.36 Å². The zero-order valence-corrected chi connectivity index (χ0v) is 18.0. The third-order valence-corrected chi connectivity index (χ3v) is 5.97. The Morgan fingerprint density at radius 1 is 1.12 bits per heavy atom. The highest BCUT2D eigenvalue weighted by Crippen LogP contribution is 2.28. The van der Waals surface area contributed by atoms with E-state index < -0.39 is 6.36 Å². The van der Waals surface area contributed by atoms with Crippen molar-refractivity contribution in [2.45, 2.75) is 45.1 Å². The minimum atomic E-state index is -4.70. The highest BCUT2D eigenvalue weighted by molar-refractivity contribution is 5.92. The summed E-state index contributed by atoms with van der Waals surface area (Å²) < 4.78 is 41.1. The van der Waals surface area contributed by atoms with Crippen LogP contribution in [-0.2, 0) is 6.54 Å². The Bertz CT molecular complexity index is 930. The number of anilines is 1. The number of hydrogen-bond acceptors (Lipinski definition) is 5. The van der Waals surface area contributed by atoms with Gasteiger partial charge in [-0.15, -0.1) is 13.2 Å². The molecule has 2 fully saturated rings. The Kier molecular flexibility index (Phi) is 6.55. The first kappa shape index (κ1) is 22.4. The van der Waals surface area contributed by atoms with Gasteiger partial charge in [0.2, 0.25) is 0 Å². The van der Waals surface area contributed by atoms with Crippen molar-refractivity contribution in [1.29, 1.82) is 0 Å². The highest BCUT2D eigenvalue weighted by Gasteiger charge is 2.31. The number of carbonyl (C=O) groups is 1. The van der Waals surface area contributed by atoms with Crippen molar-refractivity contribution in [3.8, 4) is 5.75 Å². The number of aromatic nitrogens is 1. The Labute approximate surface area is 185 Å². The van der Waals surface area contributed by atoms with Gasteiger partial charge in [0.1, 0.15) is 11.4 Å². The lowest BCUT2D eigenvalue weighted by Crippen LogP contribution is -2.36. The number of rotatable bonds is 5. The van der Waals surface area contributed by atoms with Gasteiger partial charge in [-0.2, -0.15) is 0 Å².